The molecular formula is C17H17N3O3S2. The molecule has 0 bridgehead atoms. The summed E-state index contributed by atoms with van der Waals surface area (Å²) in [7, 11) is -3.55. The van der Waals surface area contributed by atoms with Crippen LogP contribution in [-0.2, 0) is 14.8 Å². The lowest BCUT2D eigenvalue weighted by atomic mass is 10.1. The standard InChI is InChI=1S/C17H17N3O3S2/c1-13(21)20(11-10-19-25(22,23)16-8-4-12-24-16)15-7-2-5-14-6-3-9-18-17(14)15/h2-9,12,19H,10-11H2,1H3. The second-order valence-electron chi connectivity index (χ2n) is 5.35. The van der Waals surface area contributed by atoms with E-state index in [1.165, 1.54) is 11.8 Å². The number of rotatable bonds is 6. The van der Waals surface area contributed by atoms with E-state index in [1.54, 1.807) is 23.7 Å². The summed E-state index contributed by atoms with van der Waals surface area (Å²) in [6, 6.07) is 12.6. The van der Waals surface area contributed by atoms with Gasteiger partial charge in [0.25, 0.3) is 0 Å². The van der Waals surface area contributed by atoms with Crippen LogP contribution in [0.2, 0.25) is 0 Å². The van der Waals surface area contributed by atoms with Crippen molar-refractivity contribution in [1.82, 2.24) is 9.71 Å². The summed E-state index contributed by atoms with van der Waals surface area (Å²) < 4.78 is 27.1. The zero-order valence-electron chi connectivity index (χ0n) is 13.5. The number of carbonyl (C=O) groups is 1. The smallest absolute Gasteiger partial charge is 0.250 e. The van der Waals surface area contributed by atoms with Crippen LogP contribution >= 0.6 is 11.3 Å². The highest BCUT2D eigenvalue weighted by Gasteiger charge is 2.18. The molecule has 25 heavy (non-hydrogen) atoms. The van der Waals surface area contributed by atoms with Gasteiger partial charge in [-0.2, -0.15) is 0 Å². The number of nitrogens with one attached hydrogen (secondary N) is 1. The van der Waals surface area contributed by atoms with E-state index in [9.17, 15) is 13.2 Å². The summed E-state index contributed by atoms with van der Waals surface area (Å²) in [5, 5.41) is 2.63. The maximum atomic E-state index is 12.2. The van der Waals surface area contributed by atoms with Crippen molar-refractivity contribution in [2.24, 2.45) is 0 Å². The number of hydrogen-bond donors (Lipinski definition) is 1. The van der Waals surface area contributed by atoms with E-state index in [0.717, 1.165) is 16.7 Å². The number of amides is 1. The second-order valence-corrected chi connectivity index (χ2v) is 8.29. The molecule has 1 N–H and O–H groups in total. The molecule has 6 nitrogen and oxygen atoms in total. The van der Waals surface area contributed by atoms with Crippen molar-refractivity contribution in [3.8, 4) is 0 Å². The van der Waals surface area contributed by atoms with E-state index in [-0.39, 0.29) is 23.2 Å². The number of aromatic nitrogens is 1. The van der Waals surface area contributed by atoms with Crippen molar-refractivity contribution in [2.45, 2.75) is 11.1 Å². The summed E-state index contributed by atoms with van der Waals surface area (Å²) in [6.07, 6.45) is 1.67. The molecule has 0 spiro atoms. The average molecular weight is 375 g/mol. The summed E-state index contributed by atoms with van der Waals surface area (Å²) in [6.45, 7) is 1.79. The van der Waals surface area contributed by atoms with Crippen molar-refractivity contribution in [1.29, 1.82) is 0 Å². The molecule has 130 valence electrons. The second kappa shape index (κ2) is 7.30. The number of pyridine rings is 1. The zero-order chi connectivity index (χ0) is 17.9. The summed E-state index contributed by atoms with van der Waals surface area (Å²) >= 11 is 1.15. The summed E-state index contributed by atoms with van der Waals surface area (Å²) in [5.74, 6) is -0.173. The molecule has 1 amide bonds. The van der Waals surface area contributed by atoms with Crippen LogP contribution in [-0.4, -0.2) is 32.4 Å². The molecule has 2 heterocycles. The summed E-state index contributed by atoms with van der Waals surface area (Å²) in [4.78, 5) is 18.0. The van der Waals surface area contributed by atoms with Gasteiger partial charge in [-0.25, -0.2) is 13.1 Å². The molecule has 0 fully saturated rings. The van der Waals surface area contributed by atoms with Gasteiger partial charge in [-0.3, -0.25) is 9.78 Å². The highest BCUT2D eigenvalue weighted by Crippen LogP contribution is 2.24. The maximum Gasteiger partial charge on any atom is 0.250 e. The molecule has 0 saturated heterocycles. The number of anilines is 1. The van der Waals surface area contributed by atoms with E-state index in [4.69, 9.17) is 0 Å². The third-order valence-electron chi connectivity index (χ3n) is 3.67. The van der Waals surface area contributed by atoms with E-state index < -0.39 is 10.0 Å². The monoisotopic (exact) mass is 375 g/mol. The SMILES string of the molecule is CC(=O)N(CCNS(=O)(=O)c1cccs1)c1cccc2cccnc12. The van der Waals surface area contributed by atoms with Gasteiger partial charge in [-0.15, -0.1) is 11.3 Å². The Kier molecular flexibility index (Phi) is 5.12. The topological polar surface area (TPSA) is 79.4 Å². The molecule has 0 aliphatic rings. The molecule has 8 heteroatoms. The molecule has 3 aromatic rings. The van der Waals surface area contributed by atoms with E-state index in [1.807, 2.05) is 30.3 Å². The maximum absolute atomic E-state index is 12.2. The predicted octanol–water partition coefficient (Wildman–Crippen LogP) is 2.63. The molecule has 0 aliphatic heterocycles. The van der Waals surface area contributed by atoms with Crippen molar-refractivity contribution in [3.05, 3.63) is 54.0 Å². The quantitative estimate of drug-likeness (QED) is 0.718. The molecule has 1 aromatic carbocycles. The minimum Gasteiger partial charge on any atom is -0.309 e. The van der Waals surface area contributed by atoms with Crippen molar-refractivity contribution in [3.63, 3.8) is 0 Å². The minimum absolute atomic E-state index is 0.114. The van der Waals surface area contributed by atoms with Crippen LogP contribution in [0.4, 0.5) is 5.69 Å². The Labute approximate surface area is 150 Å². The number of sulfonamides is 1. The summed E-state index contributed by atoms with van der Waals surface area (Å²) in [5.41, 5.74) is 1.38. The lowest BCUT2D eigenvalue weighted by molar-refractivity contribution is -0.116. The fourth-order valence-electron chi connectivity index (χ4n) is 2.53. The molecule has 3 rings (SSSR count). The van der Waals surface area contributed by atoms with E-state index in [2.05, 4.69) is 9.71 Å². The Morgan fingerprint density at radius 3 is 2.72 bits per heavy atom. The van der Waals surface area contributed by atoms with Gasteiger partial charge in [0.1, 0.15) is 4.21 Å². The average Bonchev–Trinajstić information content (AvgIpc) is 3.14. The van der Waals surface area contributed by atoms with Crippen LogP contribution in [0.1, 0.15) is 6.92 Å². The van der Waals surface area contributed by atoms with Crippen molar-refractivity contribution < 1.29 is 13.2 Å². The third-order valence-corrected chi connectivity index (χ3v) is 6.53. The Balaban J connectivity index is 1.79. The van der Waals surface area contributed by atoms with Gasteiger partial charge >= 0.3 is 0 Å². The van der Waals surface area contributed by atoms with Gasteiger partial charge in [0.2, 0.25) is 15.9 Å². The number of carbonyl (C=O) groups excluding carboxylic acids is 1. The van der Waals surface area contributed by atoms with Crippen LogP contribution in [0.5, 0.6) is 0 Å². The highest BCUT2D eigenvalue weighted by atomic mass is 32.2. The molecule has 0 unspecified atom stereocenters. The number of benzene rings is 1. The van der Waals surface area contributed by atoms with Gasteiger partial charge in [0, 0.05) is 31.6 Å². The lowest BCUT2D eigenvalue weighted by Gasteiger charge is -2.22. The molecule has 0 saturated carbocycles. The largest absolute Gasteiger partial charge is 0.309 e. The Bertz CT molecular complexity index is 980. The Morgan fingerprint density at radius 1 is 1.20 bits per heavy atom. The molecule has 2 aromatic heterocycles. The number of nitrogens with zero attached hydrogens (tertiary/aromatic N) is 2. The number of thiophene rings is 1. The Hall–Kier alpha value is -2.29. The van der Waals surface area contributed by atoms with Gasteiger partial charge < -0.3 is 4.90 Å². The molecular weight excluding hydrogens is 358 g/mol. The lowest BCUT2D eigenvalue weighted by Crippen LogP contribution is -2.37. The first-order valence-electron chi connectivity index (χ1n) is 7.64. The van der Waals surface area contributed by atoms with Crippen LogP contribution < -0.4 is 9.62 Å². The fraction of sp³-hybridized carbons (Fsp3) is 0.176. The van der Waals surface area contributed by atoms with Gasteiger partial charge in [0.15, 0.2) is 0 Å². The predicted molar refractivity (Wildman–Crippen MR) is 99.3 cm³/mol. The number of para-hydroxylation sites is 1. The molecule has 0 aliphatic carbocycles. The minimum atomic E-state index is -3.55. The van der Waals surface area contributed by atoms with Crippen molar-refractivity contribution in [2.75, 3.05) is 18.0 Å². The molecule has 0 radical (unpaired) electrons. The van der Waals surface area contributed by atoms with E-state index >= 15 is 0 Å². The zero-order valence-corrected chi connectivity index (χ0v) is 15.2. The van der Waals surface area contributed by atoms with E-state index in [0.29, 0.717) is 11.2 Å². The number of fused-ring (bicyclic) bond motifs is 1. The van der Waals surface area contributed by atoms with Crippen LogP contribution in [0, 0.1) is 0 Å². The Morgan fingerprint density at radius 2 is 2.00 bits per heavy atom. The van der Waals surface area contributed by atoms with Crippen LogP contribution in [0.25, 0.3) is 10.9 Å². The highest BCUT2D eigenvalue weighted by molar-refractivity contribution is 7.91. The number of hydrogen-bond acceptors (Lipinski definition) is 5. The first-order chi connectivity index (χ1) is 12.0. The third kappa shape index (κ3) is 3.87. The van der Waals surface area contributed by atoms with Gasteiger partial charge in [-0.1, -0.05) is 24.3 Å². The van der Waals surface area contributed by atoms with Crippen LogP contribution in [0.3, 0.4) is 0 Å². The van der Waals surface area contributed by atoms with Gasteiger partial charge in [0.05, 0.1) is 11.2 Å². The van der Waals surface area contributed by atoms with Crippen molar-refractivity contribution >= 4 is 43.9 Å². The van der Waals surface area contributed by atoms with Gasteiger partial charge in [-0.05, 0) is 23.6 Å². The van der Waals surface area contributed by atoms with Crippen LogP contribution in [0.15, 0.2) is 58.3 Å². The first-order valence-corrected chi connectivity index (χ1v) is 10.0. The normalized spacial score (nSPS) is 11.6. The fourth-order valence-corrected chi connectivity index (χ4v) is 4.59. The first kappa shape index (κ1) is 17.5. The molecule has 0 atom stereocenters.